The Balaban J connectivity index is 2.52. The number of fused-ring (bicyclic) bond motifs is 1. The van der Waals surface area contributed by atoms with Crippen LogP contribution in [0.3, 0.4) is 0 Å². The Morgan fingerprint density at radius 2 is 1.50 bits per heavy atom. The molecule has 1 atom stereocenters. The van der Waals surface area contributed by atoms with Crippen molar-refractivity contribution in [3.05, 3.63) is 47.5 Å². The summed E-state index contributed by atoms with van der Waals surface area (Å²) in [5, 5.41) is 1.70. The molecule has 0 aliphatic carbocycles. The van der Waals surface area contributed by atoms with Gasteiger partial charge in [0.05, 0.1) is 0 Å². The summed E-state index contributed by atoms with van der Waals surface area (Å²) in [6, 6.07) is 8.58. The predicted molar refractivity (Wildman–Crippen MR) is 75.6 cm³/mol. The van der Waals surface area contributed by atoms with Crippen LogP contribution >= 0.6 is 0 Å². The van der Waals surface area contributed by atoms with Crippen LogP contribution in [-0.4, -0.2) is 6.18 Å². The van der Waals surface area contributed by atoms with E-state index in [1.165, 1.54) is 12.1 Å². The van der Waals surface area contributed by atoms with Crippen LogP contribution in [0.5, 0.6) is 0 Å². The molecule has 0 spiro atoms. The molecule has 0 fully saturated rings. The zero-order valence-corrected chi connectivity index (χ0v) is 11.8. The van der Waals surface area contributed by atoms with Crippen molar-refractivity contribution in [2.45, 2.75) is 38.4 Å². The Morgan fingerprint density at radius 1 is 0.900 bits per heavy atom. The molecule has 0 bridgehead atoms. The molecule has 0 amide bonds. The van der Waals surface area contributed by atoms with E-state index < -0.39 is 12.2 Å². The molecule has 1 nitrogen and oxygen atoms in total. The summed E-state index contributed by atoms with van der Waals surface area (Å²) in [7, 11) is 0. The zero-order chi connectivity index (χ0) is 15.1. The van der Waals surface area contributed by atoms with E-state index >= 15 is 0 Å². The Kier molecular flexibility index (Phi) is 3.54. The molecule has 0 heterocycles. The van der Waals surface area contributed by atoms with Crippen LogP contribution in [0.25, 0.3) is 10.8 Å². The minimum absolute atomic E-state index is 0.0453. The number of benzene rings is 2. The van der Waals surface area contributed by atoms with E-state index in [1.807, 2.05) is 18.2 Å². The third-order valence-corrected chi connectivity index (χ3v) is 3.44. The number of halogens is 3. The molecule has 2 aromatic rings. The second kappa shape index (κ2) is 4.77. The molecule has 0 saturated carbocycles. The van der Waals surface area contributed by atoms with Gasteiger partial charge in [-0.15, -0.1) is 0 Å². The summed E-state index contributed by atoms with van der Waals surface area (Å²) in [6.45, 7) is 6.21. The van der Waals surface area contributed by atoms with Crippen molar-refractivity contribution < 1.29 is 13.2 Å². The second-order valence-corrected chi connectivity index (χ2v) is 6.09. The molecule has 0 saturated heterocycles. The third-order valence-electron chi connectivity index (χ3n) is 3.44. The first-order valence-corrected chi connectivity index (χ1v) is 6.45. The SMILES string of the molecule is CC(C)(C)c1ccc2ccc([C@H](N)C(F)(F)F)cc2c1. The highest BCUT2D eigenvalue weighted by Gasteiger charge is 2.37. The zero-order valence-electron chi connectivity index (χ0n) is 11.8. The van der Waals surface area contributed by atoms with Crippen LogP contribution in [0.15, 0.2) is 36.4 Å². The van der Waals surface area contributed by atoms with Gasteiger partial charge in [-0.05, 0) is 33.4 Å². The second-order valence-electron chi connectivity index (χ2n) is 6.09. The van der Waals surface area contributed by atoms with Crippen LogP contribution in [0.1, 0.15) is 37.9 Å². The van der Waals surface area contributed by atoms with Gasteiger partial charge in [-0.2, -0.15) is 13.2 Å². The summed E-state index contributed by atoms with van der Waals surface area (Å²) in [4.78, 5) is 0. The fourth-order valence-corrected chi connectivity index (χ4v) is 2.11. The van der Waals surface area contributed by atoms with Crippen LogP contribution in [0.4, 0.5) is 13.2 Å². The molecule has 0 aromatic heterocycles. The lowest BCUT2D eigenvalue weighted by Gasteiger charge is -2.20. The molecule has 20 heavy (non-hydrogen) atoms. The highest BCUT2D eigenvalue weighted by Crippen LogP contribution is 2.33. The standard InChI is InChI=1S/C16H18F3N/c1-15(2,3)13-7-6-10-4-5-11(8-12(10)9-13)14(20)16(17,18)19/h4-9,14H,20H2,1-3H3/t14-/m0/s1. The normalized spacial score (nSPS) is 14.6. The smallest absolute Gasteiger partial charge is 0.316 e. The quantitative estimate of drug-likeness (QED) is 0.805. The van der Waals surface area contributed by atoms with Gasteiger partial charge in [0.2, 0.25) is 0 Å². The Bertz CT molecular complexity index is 624. The fourth-order valence-electron chi connectivity index (χ4n) is 2.11. The molecule has 0 aliphatic heterocycles. The van der Waals surface area contributed by atoms with Gasteiger partial charge in [0.1, 0.15) is 6.04 Å². The van der Waals surface area contributed by atoms with Gasteiger partial charge in [0, 0.05) is 0 Å². The van der Waals surface area contributed by atoms with Crippen LogP contribution < -0.4 is 5.73 Å². The first kappa shape index (κ1) is 14.9. The summed E-state index contributed by atoms with van der Waals surface area (Å²) < 4.78 is 38.0. The summed E-state index contributed by atoms with van der Waals surface area (Å²) in [5.74, 6) is 0. The van der Waals surface area contributed by atoms with Crippen molar-refractivity contribution in [2.75, 3.05) is 0 Å². The van der Waals surface area contributed by atoms with E-state index in [0.29, 0.717) is 0 Å². The average molecular weight is 281 g/mol. The number of hydrogen-bond acceptors (Lipinski definition) is 1. The lowest BCUT2D eigenvalue weighted by Crippen LogP contribution is -2.28. The van der Waals surface area contributed by atoms with Gasteiger partial charge in [-0.25, -0.2) is 0 Å². The number of alkyl halides is 3. The number of rotatable bonds is 1. The van der Waals surface area contributed by atoms with E-state index in [2.05, 4.69) is 20.8 Å². The summed E-state index contributed by atoms with van der Waals surface area (Å²) in [5.41, 5.74) is 6.40. The Hall–Kier alpha value is -1.55. The molecular weight excluding hydrogens is 263 g/mol. The Labute approximate surface area is 116 Å². The molecule has 0 radical (unpaired) electrons. The summed E-state index contributed by atoms with van der Waals surface area (Å²) >= 11 is 0. The predicted octanol–water partition coefficient (Wildman–Crippen LogP) is 4.70. The third kappa shape index (κ3) is 2.96. The fraction of sp³-hybridized carbons (Fsp3) is 0.375. The van der Waals surface area contributed by atoms with E-state index in [-0.39, 0.29) is 11.0 Å². The van der Waals surface area contributed by atoms with Crippen molar-refractivity contribution in [2.24, 2.45) is 5.73 Å². The largest absolute Gasteiger partial charge is 0.407 e. The van der Waals surface area contributed by atoms with Gasteiger partial charge in [0.25, 0.3) is 0 Å². The van der Waals surface area contributed by atoms with E-state index in [9.17, 15) is 13.2 Å². The highest BCUT2D eigenvalue weighted by molar-refractivity contribution is 5.84. The van der Waals surface area contributed by atoms with Crippen molar-refractivity contribution >= 4 is 10.8 Å². The monoisotopic (exact) mass is 281 g/mol. The minimum atomic E-state index is -4.42. The molecule has 2 aromatic carbocycles. The van der Waals surface area contributed by atoms with Crippen molar-refractivity contribution in [3.8, 4) is 0 Å². The average Bonchev–Trinajstić information content (AvgIpc) is 2.34. The molecule has 0 aliphatic rings. The first-order valence-electron chi connectivity index (χ1n) is 6.45. The van der Waals surface area contributed by atoms with Crippen LogP contribution in [0.2, 0.25) is 0 Å². The van der Waals surface area contributed by atoms with Crippen molar-refractivity contribution in [1.29, 1.82) is 0 Å². The maximum absolute atomic E-state index is 12.7. The maximum atomic E-state index is 12.7. The van der Waals surface area contributed by atoms with Gasteiger partial charge in [-0.3, -0.25) is 0 Å². The van der Waals surface area contributed by atoms with E-state index in [1.54, 1.807) is 6.07 Å². The Morgan fingerprint density at radius 3 is 2.05 bits per heavy atom. The van der Waals surface area contributed by atoms with Gasteiger partial charge >= 0.3 is 6.18 Å². The van der Waals surface area contributed by atoms with Crippen molar-refractivity contribution in [3.63, 3.8) is 0 Å². The van der Waals surface area contributed by atoms with Gasteiger partial charge < -0.3 is 5.73 Å². The lowest BCUT2D eigenvalue weighted by atomic mass is 9.85. The van der Waals surface area contributed by atoms with Crippen LogP contribution in [-0.2, 0) is 5.41 Å². The lowest BCUT2D eigenvalue weighted by molar-refractivity contribution is -0.149. The first-order chi connectivity index (χ1) is 9.09. The highest BCUT2D eigenvalue weighted by atomic mass is 19.4. The molecular formula is C16H18F3N. The van der Waals surface area contributed by atoms with E-state index in [0.717, 1.165) is 16.3 Å². The molecule has 4 heteroatoms. The van der Waals surface area contributed by atoms with Gasteiger partial charge in [0.15, 0.2) is 0 Å². The minimum Gasteiger partial charge on any atom is -0.316 e. The van der Waals surface area contributed by atoms with E-state index in [4.69, 9.17) is 5.73 Å². The number of hydrogen-bond donors (Lipinski definition) is 1. The molecule has 108 valence electrons. The van der Waals surface area contributed by atoms with Gasteiger partial charge in [-0.1, -0.05) is 51.1 Å². The number of nitrogens with two attached hydrogens (primary N) is 1. The summed E-state index contributed by atoms with van der Waals surface area (Å²) in [6.07, 6.45) is -4.42. The molecule has 0 unspecified atom stereocenters. The maximum Gasteiger partial charge on any atom is 0.407 e. The topological polar surface area (TPSA) is 26.0 Å². The molecule has 2 rings (SSSR count). The van der Waals surface area contributed by atoms with Crippen molar-refractivity contribution in [1.82, 2.24) is 0 Å². The molecule has 2 N–H and O–H groups in total. The van der Waals surface area contributed by atoms with Crippen LogP contribution in [0, 0.1) is 0 Å².